The van der Waals surface area contributed by atoms with Crippen LogP contribution in [0.5, 0.6) is 0 Å². The number of hydrogen-bond donors (Lipinski definition) is 1. The van der Waals surface area contributed by atoms with Crippen LogP contribution in [-0.4, -0.2) is 54.5 Å². The van der Waals surface area contributed by atoms with Crippen molar-refractivity contribution >= 4 is 23.9 Å². The summed E-state index contributed by atoms with van der Waals surface area (Å²) in [6.45, 7) is 8.01. The molecule has 0 spiro atoms. The number of aromatic nitrogens is 2. The van der Waals surface area contributed by atoms with Gasteiger partial charge in [0.25, 0.3) is 0 Å². The molecule has 0 bridgehead atoms. The van der Waals surface area contributed by atoms with Crippen molar-refractivity contribution in [2.24, 2.45) is 9.98 Å². The Morgan fingerprint density at radius 1 is 1.33 bits per heavy atom. The second-order valence-corrected chi connectivity index (χ2v) is 6.11. The lowest BCUT2D eigenvalue weighted by Crippen LogP contribution is -2.31. The monoisotopic (exact) mass is 328 g/mol. The van der Waals surface area contributed by atoms with E-state index >= 15 is 0 Å². The lowest BCUT2D eigenvalue weighted by atomic mass is 9.97. The topological polar surface area (TPSA) is 65.8 Å². The van der Waals surface area contributed by atoms with Gasteiger partial charge in [-0.1, -0.05) is 6.08 Å². The summed E-state index contributed by atoms with van der Waals surface area (Å²) in [5.41, 5.74) is 2.59. The Morgan fingerprint density at radius 3 is 2.75 bits per heavy atom. The van der Waals surface area contributed by atoms with Crippen LogP contribution in [0.25, 0.3) is 0 Å². The highest BCUT2D eigenvalue weighted by Gasteiger charge is 2.23. The lowest BCUT2D eigenvalue weighted by Gasteiger charge is -2.29. The maximum atomic E-state index is 4.82. The van der Waals surface area contributed by atoms with Crippen molar-refractivity contribution in [1.29, 1.82) is 0 Å². The van der Waals surface area contributed by atoms with Crippen LogP contribution >= 0.6 is 0 Å². The van der Waals surface area contributed by atoms with E-state index in [1.165, 1.54) is 6.42 Å². The number of aliphatic imine (C=N–C) groups is 2. The van der Waals surface area contributed by atoms with Crippen molar-refractivity contribution in [3.05, 3.63) is 23.3 Å². The van der Waals surface area contributed by atoms with E-state index in [1.807, 2.05) is 26.8 Å². The molecule has 6 heteroatoms. The van der Waals surface area contributed by atoms with Crippen LogP contribution in [-0.2, 0) is 0 Å². The first kappa shape index (κ1) is 18.3. The Labute approximate surface area is 144 Å². The van der Waals surface area contributed by atoms with Gasteiger partial charge in [-0.25, -0.2) is 9.97 Å². The van der Waals surface area contributed by atoms with Gasteiger partial charge in [0.1, 0.15) is 11.5 Å². The van der Waals surface area contributed by atoms with Crippen LogP contribution in [0, 0.1) is 6.92 Å². The fourth-order valence-corrected chi connectivity index (χ4v) is 2.97. The summed E-state index contributed by atoms with van der Waals surface area (Å²) in [6.07, 6.45) is 7.84. The second-order valence-electron chi connectivity index (χ2n) is 6.11. The molecule has 130 valence electrons. The van der Waals surface area contributed by atoms with Crippen molar-refractivity contribution in [2.45, 2.75) is 39.5 Å². The molecule has 0 amide bonds. The highest BCUT2D eigenvalue weighted by Crippen LogP contribution is 2.31. The molecular weight excluding hydrogens is 300 g/mol. The van der Waals surface area contributed by atoms with Crippen molar-refractivity contribution in [3.8, 4) is 0 Å². The maximum Gasteiger partial charge on any atom is 0.160 e. The minimum Gasteiger partial charge on any atom is -0.337 e. The Morgan fingerprint density at radius 2 is 2.12 bits per heavy atom. The van der Waals surface area contributed by atoms with Gasteiger partial charge in [-0.15, -0.1) is 0 Å². The molecule has 1 aliphatic heterocycles. The number of anilines is 1. The van der Waals surface area contributed by atoms with Crippen LogP contribution < -0.4 is 5.32 Å². The molecule has 0 aliphatic carbocycles. The molecule has 2 heterocycles. The second kappa shape index (κ2) is 8.68. The van der Waals surface area contributed by atoms with Crippen LogP contribution in [0.3, 0.4) is 0 Å². The molecule has 1 unspecified atom stereocenters. The van der Waals surface area contributed by atoms with Gasteiger partial charge in [-0.2, -0.15) is 0 Å². The standard InChI is InChI=1S/C18H28N6/c1-6-15(11-19-4)22-18-16(20-7-2)13(3)21-17(23-18)14-9-8-10-24(5)12-14/h6-7,11,14H,8-10,12H2,1-5H3,(H,21,22,23)/b15-6+,19-11?,20-7?. The number of allylic oxidation sites excluding steroid dienone is 2. The molecule has 2 rings (SSSR count). The van der Waals surface area contributed by atoms with E-state index < -0.39 is 0 Å². The van der Waals surface area contributed by atoms with Crippen molar-refractivity contribution in [2.75, 3.05) is 32.5 Å². The Hall–Kier alpha value is -2.08. The molecular formula is C18H28N6. The average Bonchev–Trinajstić information content (AvgIpc) is 2.57. The number of likely N-dealkylation sites (tertiary alicyclic amines) is 1. The number of piperidine rings is 1. The minimum atomic E-state index is 0.372. The van der Waals surface area contributed by atoms with Crippen LogP contribution in [0.2, 0.25) is 0 Å². The molecule has 1 aromatic rings. The van der Waals surface area contributed by atoms with E-state index in [-0.39, 0.29) is 0 Å². The first-order chi connectivity index (χ1) is 11.6. The summed E-state index contributed by atoms with van der Waals surface area (Å²) in [4.78, 5) is 20.4. The first-order valence-electron chi connectivity index (χ1n) is 8.50. The average molecular weight is 328 g/mol. The van der Waals surface area contributed by atoms with Gasteiger partial charge < -0.3 is 10.2 Å². The third-order valence-corrected chi connectivity index (χ3v) is 4.17. The van der Waals surface area contributed by atoms with Crippen molar-refractivity contribution in [1.82, 2.24) is 14.9 Å². The van der Waals surface area contributed by atoms with Gasteiger partial charge in [0.05, 0.1) is 11.4 Å². The predicted molar refractivity (Wildman–Crippen MR) is 102 cm³/mol. The molecule has 6 nitrogen and oxygen atoms in total. The third-order valence-electron chi connectivity index (χ3n) is 4.17. The SMILES string of the molecule is CC=Nc1c(C)nc(C2CCCN(C)C2)nc1N/C(C=NC)=C/C. The number of likely N-dealkylation sites (N-methyl/N-ethyl adjacent to an activating group) is 1. The zero-order valence-corrected chi connectivity index (χ0v) is 15.4. The summed E-state index contributed by atoms with van der Waals surface area (Å²) >= 11 is 0. The quantitative estimate of drug-likeness (QED) is 0.842. The highest BCUT2D eigenvalue weighted by atomic mass is 15.1. The summed E-state index contributed by atoms with van der Waals surface area (Å²) in [5.74, 6) is 2.02. The molecule has 1 fully saturated rings. The van der Waals surface area contributed by atoms with Crippen LogP contribution in [0.15, 0.2) is 21.8 Å². The van der Waals surface area contributed by atoms with E-state index in [4.69, 9.17) is 9.97 Å². The summed E-state index contributed by atoms with van der Waals surface area (Å²) in [6, 6.07) is 0. The molecule has 1 N–H and O–H groups in total. The zero-order valence-electron chi connectivity index (χ0n) is 15.4. The van der Waals surface area contributed by atoms with Crippen LogP contribution in [0.4, 0.5) is 11.5 Å². The third kappa shape index (κ3) is 4.47. The molecule has 1 saturated heterocycles. The summed E-state index contributed by atoms with van der Waals surface area (Å²) in [5, 5.41) is 3.35. The summed E-state index contributed by atoms with van der Waals surface area (Å²) in [7, 11) is 3.91. The van der Waals surface area contributed by atoms with Gasteiger partial charge in [0.15, 0.2) is 5.82 Å². The maximum absolute atomic E-state index is 4.82. The highest BCUT2D eigenvalue weighted by molar-refractivity contribution is 5.84. The van der Waals surface area contributed by atoms with E-state index in [1.54, 1.807) is 19.5 Å². The normalized spacial score (nSPS) is 20.2. The Bertz CT molecular complexity index is 647. The number of aryl methyl sites for hydroxylation is 1. The molecule has 1 atom stereocenters. The molecule has 1 aromatic heterocycles. The number of nitrogens with zero attached hydrogens (tertiary/aromatic N) is 5. The molecule has 1 aliphatic rings. The largest absolute Gasteiger partial charge is 0.337 e. The molecule has 0 radical (unpaired) electrons. The number of hydrogen-bond acceptors (Lipinski definition) is 6. The summed E-state index contributed by atoms with van der Waals surface area (Å²) < 4.78 is 0. The van der Waals surface area contributed by atoms with Crippen LogP contribution in [0.1, 0.15) is 44.1 Å². The fourth-order valence-electron chi connectivity index (χ4n) is 2.97. The van der Waals surface area contributed by atoms with Gasteiger partial charge >= 0.3 is 0 Å². The molecule has 0 saturated carbocycles. The lowest BCUT2D eigenvalue weighted by molar-refractivity contribution is 0.246. The van der Waals surface area contributed by atoms with Gasteiger partial charge in [0, 0.05) is 31.9 Å². The Kier molecular flexibility index (Phi) is 6.61. The minimum absolute atomic E-state index is 0.372. The molecule has 0 aromatic carbocycles. The first-order valence-corrected chi connectivity index (χ1v) is 8.50. The number of nitrogens with one attached hydrogen (secondary N) is 1. The predicted octanol–water partition coefficient (Wildman–Crippen LogP) is 3.33. The molecule has 24 heavy (non-hydrogen) atoms. The zero-order chi connectivity index (χ0) is 17.5. The van der Waals surface area contributed by atoms with Gasteiger partial charge in [-0.3, -0.25) is 9.98 Å². The van der Waals surface area contributed by atoms with E-state index in [0.717, 1.165) is 48.2 Å². The van der Waals surface area contributed by atoms with Gasteiger partial charge in [0.2, 0.25) is 0 Å². The van der Waals surface area contributed by atoms with Crippen molar-refractivity contribution < 1.29 is 0 Å². The van der Waals surface area contributed by atoms with E-state index in [2.05, 4.69) is 27.2 Å². The smallest absolute Gasteiger partial charge is 0.160 e. The van der Waals surface area contributed by atoms with E-state index in [9.17, 15) is 0 Å². The van der Waals surface area contributed by atoms with Gasteiger partial charge in [-0.05, 0) is 47.2 Å². The fraction of sp³-hybridized carbons (Fsp3) is 0.556. The van der Waals surface area contributed by atoms with Crippen molar-refractivity contribution in [3.63, 3.8) is 0 Å². The number of rotatable bonds is 5. The Balaban J connectivity index is 2.41. The van der Waals surface area contributed by atoms with E-state index in [0.29, 0.717) is 5.92 Å².